The van der Waals surface area contributed by atoms with Crippen LogP contribution in [0.25, 0.3) is 5.57 Å². The van der Waals surface area contributed by atoms with Crippen molar-refractivity contribution in [2.24, 2.45) is 5.92 Å². The maximum Gasteiger partial charge on any atom is 0.257 e. The highest BCUT2D eigenvalue weighted by Crippen LogP contribution is 2.36. The number of benzene rings is 1. The summed E-state index contributed by atoms with van der Waals surface area (Å²) in [5.74, 6) is -0.858. The minimum atomic E-state index is -3.34. The number of hydrogen-bond donors (Lipinski definition) is 1. The molecule has 0 aliphatic heterocycles. The van der Waals surface area contributed by atoms with Crippen molar-refractivity contribution in [1.29, 1.82) is 0 Å². The third kappa shape index (κ3) is 4.46. The highest BCUT2D eigenvalue weighted by Gasteiger charge is 2.37. The van der Waals surface area contributed by atoms with Crippen LogP contribution in [0.2, 0.25) is 0 Å². The first-order valence-corrected chi connectivity index (χ1v) is 12.2. The van der Waals surface area contributed by atoms with E-state index in [1.165, 1.54) is 23.5 Å². The van der Waals surface area contributed by atoms with E-state index in [9.17, 15) is 22.0 Å². The lowest BCUT2D eigenvalue weighted by Crippen LogP contribution is -2.15. The van der Waals surface area contributed by atoms with Gasteiger partial charge in [0.05, 0.1) is 15.8 Å². The first-order chi connectivity index (χ1) is 14.2. The van der Waals surface area contributed by atoms with Crippen molar-refractivity contribution in [2.75, 3.05) is 5.32 Å². The van der Waals surface area contributed by atoms with E-state index < -0.39 is 34.0 Å². The van der Waals surface area contributed by atoms with E-state index in [4.69, 9.17) is 0 Å². The number of nitrogens with one attached hydrogen (secondary N) is 1. The molecule has 0 spiro atoms. The fourth-order valence-corrected chi connectivity index (χ4v) is 5.96. The number of allylic oxidation sites excluding steroid dienone is 1. The van der Waals surface area contributed by atoms with Gasteiger partial charge >= 0.3 is 0 Å². The maximum absolute atomic E-state index is 13.7. The van der Waals surface area contributed by atoms with Crippen LogP contribution in [0.1, 0.15) is 36.9 Å². The minimum absolute atomic E-state index is 0.0163. The zero-order valence-electron chi connectivity index (χ0n) is 16.3. The summed E-state index contributed by atoms with van der Waals surface area (Å²) in [5.41, 5.74) is 1.52. The molecule has 0 radical (unpaired) electrons. The summed E-state index contributed by atoms with van der Waals surface area (Å²) in [4.78, 5) is 17.4. The van der Waals surface area contributed by atoms with Gasteiger partial charge in [-0.1, -0.05) is 18.2 Å². The molecule has 30 heavy (non-hydrogen) atoms. The van der Waals surface area contributed by atoms with E-state index in [0.717, 1.165) is 5.69 Å². The standard InChI is InChI=1S/C21H22F2N2O3S2/c1-12-11-29-21(24-12)25-20(26)17(8-13-9-18(22)19(23)10-13)14-2-4-15(5-3-14)30(27,28)16-6-7-16/h2-5,8,11,13,16,18-19H,6-7,9-10H2,1H3,(H,24,25,26)/t13?,18-,19+. The van der Waals surface area contributed by atoms with Gasteiger partial charge in [0.2, 0.25) is 0 Å². The van der Waals surface area contributed by atoms with Crippen LogP contribution < -0.4 is 5.32 Å². The second-order valence-corrected chi connectivity index (χ2v) is 10.9. The number of rotatable bonds is 6. The van der Waals surface area contributed by atoms with Crippen molar-refractivity contribution < 1.29 is 22.0 Å². The Hall–Kier alpha value is -2.13. The number of sulfone groups is 1. The van der Waals surface area contributed by atoms with Gasteiger partial charge < -0.3 is 0 Å². The monoisotopic (exact) mass is 452 g/mol. The maximum atomic E-state index is 13.7. The van der Waals surface area contributed by atoms with Gasteiger partial charge in [0.1, 0.15) is 12.3 Å². The van der Waals surface area contributed by atoms with E-state index in [1.54, 1.807) is 23.6 Å². The normalized spacial score (nSPS) is 24.8. The molecule has 1 amide bonds. The zero-order chi connectivity index (χ0) is 21.5. The topological polar surface area (TPSA) is 76.1 Å². The fraction of sp³-hybridized carbons (Fsp3) is 0.429. The third-order valence-electron chi connectivity index (χ3n) is 5.39. The summed E-state index contributed by atoms with van der Waals surface area (Å²) < 4.78 is 52.2. The Morgan fingerprint density at radius 1 is 1.17 bits per heavy atom. The molecular weight excluding hydrogens is 430 g/mol. The first-order valence-electron chi connectivity index (χ1n) is 9.82. The molecule has 1 aromatic heterocycles. The van der Waals surface area contributed by atoms with Crippen LogP contribution in [-0.2, 0) is 14.6 Å². The van der Waals surface area contributed by atoms with Gasteiger partial charge in [-0.25, -0.2) is 22.2 Å². The quantitative estimate of drug-likeness (QED) is 0.655. The van der Waals surface area contributed by atoms with Crippen molar-refractivity contribution in [3.63, 3.8) is 0 Å². The van der Waals surface area contributed by atoms with E-state index in [1.807, 2.05) is 6.92 Å². The van der Waals surface area contributed by atoms with Crippen LogP contribution >= 0.6 is 11.3 Å². The fourth-order valence-electron chi connectivity index (χ4n) is 3.62. The number of amides is 1. The highest BCUT2D eigenvalue weighted by atomic mass is 32.2. The van der Waals surface area contributed by atoms with Gasteiger partial charge in [0, 0.05) is 11.0 Å². The Morgan fingerprint density at radius 2 is 1.80 bits per heavy atom. The van der Waals surface area contributed by atoms with Crippen LogP contribution in [0.5, 0.6) is 0 Å². The summed E-state index contributed by atoms with van der Waals surface area (Å²) in [7, 11) is -3.34. The summed E-state index contributed by atoms with van der Waals surface area (Å²) in [6, 6.07) is 6.12. The zero-order valence-corrected chi connectivity index (χ0v) is 18.0. The van der Waals surface area contributed by atoms with Gasteiger partial charge in [-0.05, 0) is 56.2 Å². The molecule has 0 saturated heterocycles. The van der Waals surface area contributed by atoms with Crippen LogP contribution in [-0.4, -0.2) is 36.9 Å². The second-order valence-electron chi connectivity index (χ2n) is 7.86. The number of alkyl halides is 2. The van der Waals surface area contributed by atoms with Crippen molar-refractivity contribution >= 4 is 37.8 Å². The number of carbonyl (C=O) groups is 1. The summed E-state index contributed by atoms with van der Waals surface area (Å²) in [6.45, 7) is 1.81. The Balaban J connectivity index is 1.63. The highest BCUT2D eigenvalue weighted by molar-refractivity contribution is 7.92. The average molecular weight is 453 g/mol. The number of hydrogen-bond acceptors (Lipinski definition) is 5. The van der Waals surface area contributed by atoms with Crippen LogP contribution in [0.15, 0.2) is 40.6 Å². The molecule has 0 bridgehead atoms. The molecule has 2 aliphatic rings. The molecule has 9 heteroatoms. The second kappa shape index (κ2) is 8.19. The third-order valence-corrected chi connectivity index (χ3v) is 8.55. The van der Waals surface area contributed by atoms with Crippen molar-refractivity contribution in [3.8, 4) is 0 Å². The molecule has 3 atom stereocenters. The largest absolute Gasteiger partial charge is 0.298 e. The number of thiazole rings is 1. The molecule has 2 aliphatic carbocycles. The number of anilines is 1. The van der Waals surface area contributed by atoms with Crippen molar-refractivity contribution in [2.45, 2.75) is 55.1 Å². The van der Waals surface area contributed by atoms with Crippen molar-refractivity contribution in [1.82, 2.24) is 4.98 Å². The predicted molar refractivity (Wildman–Crippen MR) is 113 cm³/mol. The molecule has 4 rings (SSSR count). The van der Waals surface area contributed by atoms with E-state index >= 15 is 0 Å². The number of aromatic nitrogens is 1. The van der Waals surface area contributed by atoms with Gasteiger partial charge in [0.25, 0.3) is 5.91 Å². The number of aryl methyl sites for hydroxylation is 1. The molecular formula is C21H22F2N2O3S2. The van der Waals surface area contributed by atoms with Crippen molar-refractivity contribution in [3.05, 3.63) is 47.0 Å². The first kappa shape index (κ1) is 21.1. The van der Waals surface area contributed by atoms with Crippen LogP contribution in [0.3, 0.4) is 0 Å². The smallest absolute Gasteiger partial charge is 0.257 e. The molecule has 2 fully saturated rings. The summed E-state index contributed by atoms with van der Waals surface area (Å²) in [5, 5.41) is 4.63. The Morgan fingerprint density at radius 3 is 2.33 bits per heavy atom. The number of halogens is 2. The number of nitrogens with zero attached hydrogens (tertiary/aromatic N) is 1. The molecule has 1 N–H and O–H groups in total. The lowest BCUT2D eigenvalue weighted by atomic mass is 9.98. The van der Waals surface area contributed by atoms with Gasteiger partial charge in [-0.2, -0.15) is 0 Å². The molecule has 5 nitrogen and oxygen atoms in total. The van der Waals surface area contributed by atoms with Crippen LogP contribution in [0.4, 0.5) is 13.9 Å². The molecule has 1 unspecified atom stereocenters. The molecule has 2 saturated carbocycles. The van der Waals surface area contributed by atoms with Crippen LogP contribution in [0, 0.1) is 12.8 Å². The van der Waals surface area contributed by atoms with E-state index in [2.05, 4.69) is 10.3 Å². The molecule has 160 valence electrons. The van der Waals surface area contributed by atoms with Gasteiger partial charge in [0.15, 0.2) is 15.0 Å². The lowest BCUT2D eigenvalue weighted by Gasteiger charge is -2.12. The van der Waals surface area contributed by atoms with Gasteiger partial charge in [-0.3, -0.25) is 10.1 Å². The molecule has 1 heterocycles. The Labute approximate surface area is 178 Å². The lowest BCUT2D eigenvalue weighted by molar-refractivity contribution is -0.111. The summed E-state index contributed by atoms with van der Waals surface area (Å²) >= 11 is 1.28. The minimum Gasteiger partial charge on any atom is -0.298 e. The SMILES string of the molecule is Cc1csc(NC(=O)C(=CC2C[C@@H](F)[C@@H](F)C2)c2ccc(S(=O)(=O)C3CC3)cc2)n1. The van der Waals surface area contributed by atoms with E-state index in [0.29, 0.717) is 23.5 Å². The average Bonchev–Trinajstić information content (AvgIpc) is 3.42. The molecule has 1 aromatic carbocycles. The Kier molecular flexibility index (Phi) is 5.76. The van der Waals surface area contributed by atoms with E-state index in [-0.39, 0.29) is 28.6 Å². The van der Waals surface area contributed by atoms with Gasteiger partial charge in [-0.15, -0.1) is 11.3 Å². The number of carbonyl (C=O) groups excluding carboxylic acids is 1. The molecule has 2 aromatic rings. The Bertz CT molecular complexity index is 1070. The predicted octanol–water partition coefficient (Wildman–Crippen LogP) is 4.50. The summed E-state index contributed by atoms with van der Waals surface area (Å²) in [6.07, 6.45) is -0.119.